The molecular weight excluding hydrogens is 351 g/mol. The van der Waals surface area contributed by atoms with Crippen LogP contribution in [0.4, 0.5) is 4.39 Å². The van der Waals surface area contributed by atoms with Gasteiger partial charge in [-0.25, -0.2) is 9.38 Å². The highest BCUT2D eigenvalue weighted by atomic mass is 32.2. The molecule has 2 unspecified atom stereocenters. The number of amides is 1. The summed E-state index contributed by atoms with van der Waals surface area (Å²) in [7, 11) is 0. The minimum Gasteiger partial charge on any atom is -0.375 e. The quantitative estimate of drug-likeness (QED) is 0.879. The Hall–Kier alpha value is -2.18. The zero-order valence-corrected chi connectivity index (χ0v) is 15.1. The van der Waals surface area contributed by atoms with Gasteiger partial charge in [0.2, 0.25) is 0 Å². The van der Waals surface area contributed by atoms with E-state index in [1.54, 1.807) is 24.3 Å². The number of carbonyl (C=O) groups is 1. The van der Waals surface area contributed by atoms with Gasteiger partial charge in [0.05, 0.1) is 12.7 Å². The van der Waals surface area contributed by atoms with E-state index in [0.29, 0.717) is 28.7 Å². The van der Waals surface area contributed by atoms with Gasteiger partial charge in [-0.05, 0) is 25.1 Å². The van der Waals surface area contributed by atoms with E-state index in [4.69, 9.17) is 9.73 Å². The first kappa shape index (κ1) is 17.2. The maximum atomic E-state index is 14.6. The van der Waals surface area contributed by atoms with Gasteiger partial charge in [0.25, 0.3) is 5.91 Å². The normalized spacial score (nSPS) is 27.5. The fraction of sp³-hybridized carbons (Fsp3) is 0.300. The molecule has 1 amide bonds. The van der Waals surface area contributed by atoms with Crippen molar-refractivity contribution in [3.63, 3.8) is 0 Å². The van der Waals surface area contributed by atoms with Gasteiger partial charge in [0, 0.05) is 22.8 Å². The number of aliphatic imine (C=N–C) groups is 1. The number of fused-ring (bicyclic) bond motifs is 1. The second kappa shape index (κ2) is 6.85. The highest BCUT2D eigenvalue weighted by molar-refractivity contribution is 8.13. The largest absolute Gasteiger partial charge is 0.375 e. The van der Waals surface area contributed by atoms with Crippen LogP contribution in [0.3, 0.4) is 0 Å². The van der Waals surface area contributed by atoms with Crippen LogP contribution in [0, 0.1) is 11.7 Å². The number of benzene rings is 2. The highest BCUT2D eigenvalue weighted by Crippen LogP contribution is 2.49. The number of amidine groups is 1. The van der Waals surface area contributed by atoms with Crippen LogP contribution in [-0.4, -0.2) is 29.5 Å². The first-order valence-electron chi connectivity index (χ1n) is 8.57. The van der Waals surface area contributed by atoms with E-state index in [-0.39, 0.29) is 23.7 Å². The number of carbonyl (C=O) groups excluding carboxylic acids is 1. The molecule has 3 atom stereocenters. The maximum absolute atomic E-state index is 14.6. The van der Waals surface area contributed by atoms with Gasteiger partial charge in [-0.3, -0.25) is 4.79 Å². The number of hydrogen-bond acceptors (Lipinski definition) is 4. The Morgan fingerprint density at radius 1 is 1.23 bits per heavy atom. The minimum atomic E-state index is -0.810. The van der Waals surface area contributed by atoms with Crippen LogP contribution >= 0.6 is 11.8 Å². The zero-order chi connectivity index (χ0) is 18.1. The third-order valence-corrected chi connectivity index (χ3v) is 6.09. The molecule has 2 aromatic rings. The number of hydrogen-bond donors (Lipinski definition) is 1. The van der Waals surface area contributed by atoms with Crippen molar-refractivity contribution in [3.8, 4) is 0 Å². The van der Waals surface area contributed by atoms with Crippen LogP contribution in [0.1, 0.15) is 22.8 Å². The summed E-state index contributed by atoms with van der Waals surface area (Å²) < 4.78 is 20.5. The predicted octanol–water partition coefficient (Wildman–Crippen LogP) is 3.59. The molecule has 4 rings (SSSR count). The molecule has 2 aliphatic heterocycles. The molecule has 0 bridgehead atoms. The topological polar surface area (TPSA) is 50.7 Å². The van der Waals surface area contributed by atoms with Crippen LogP contribution in [-0.2, 0) is 10.3 Å². The van der Waals surface area contributed by atoms with Crippen molar-refractivity contribution in [1.82, 2.24) is 5.32 Å². The Kier molecular flexibility index (Phi) is 4.54. The standard InChI is InChI=1S/C20H19FN2O2S/c1-13-20(16-9-5-6-10-17(16)21)15(11-25-13)12-26-19(23-20)22-18(24)14-7-3-2-4-8-14/h2-10,13,15H,11-12H2,1H3,(H,22,23,24)/t13-,15?,20?/m0/s1. The van der Waals surface area contributed by atoms with Crippen LogP contribution < -0.4 is 5.32 Å². The monoisotopic (exact) mass is 370 g/mol. The lowest BCUT2D eigenvalue weighted by molar-refractivity contribution is 0.0939. The molecule has 134 valence electrons. The zero-order valence-electron chi connectivity index (χ0n) is 14.3. The smallest absolute Gasteiger partial charge is 0.257 e. The van der Waals surface area contributed by atoms with Crippen molar-refractivity contribution < 1.29 is 13.9 Å². The molecule has 4 nitrogen and oxygen atoms in total. The summed E-state index contributed by atoms with van der Waals surface area (Å²) in [5, 5.41) is 3.39. The van der Waals surface area contributed by atoms with Crippen molar-refractivity contribution in [2.24, 2.45) is 10.9 Å². The van der Waals surface area contributed by atoms with E-state index < -0.39 is 5.54 Å². The summed E-state index contributed by atoms with van der Waals surface area (Å²) in [6, 6.07) is 15.7. The van der Waals surface area contributed by atoms with Gasteiger partial charge in [-0.1, -0.05) is 48.2 Å². The molecular formula is C20H19FN2O2S. The Balaban J connectivity index is 1.71. The molecule has 0 aromatic heterocycles. The first-order chi connectivity index (χ1) is 12.6. The van der Waals surface area contributed by atoms with E-state index >= 15 is 0 Å². The molecule has 2 aliphatic rings. The van der Waals surface area contributed by atoms with Gasteiger partial charge < -0.3 is 10.1 Å². The number of nitrogens with zero attached hydrogens (tertiary/aromatic N) is 1. The number of nitrogens with one attached hydrogen (secondary N) is 1. The van der Waals surface area contributed by atoms with Gasteiger partial charge in [-0.2, -0.15) is 0 Å². The average Bonchev–Trinajstić information content (AvgIpc) is 3.00. The molecule has 0 aliphatic carbocycles. The first-order valence-corrected chi connectivity index (χ1v) is 9.55. The van der Waals surface area contributed by atoms with Gasteiger partial charge >= 0.3 is 0 Å². The summed E-state index contributed by atoms with van der Waals surface area (Å²) in [5.41, 5.74) is 0.283. The number of halogens is 1. The predicted molar refractivity (Wildman–Crippen MR) is 101 cm³/mol. The molecule has 0 saturated carbocycles. The Bertz CT molecular complexity index is 858. The van der Waals surface area contributed by atoms with E-state index in [0.717, 1.165) is 0 Å². The van der Waals surface area contributed by atoms with Crippen LogP contribution in [0.2, 0.25) is 0 Å². The molecule has 2 heterocycles. The molecule has 2 aromatic carbocycles. The van der Waals surface area contributed by atoms with Crippen molar-refractivity contribution in [3.05, 3.63) is 71.5 Å². The molecule has 26 heavy (non-hydrogen) atoms. The van der Waals surface area contributed by atoms with Crippen molar-refractivity contribution >= 4 is 22.8 Å². The molecule has 1 fully saturated rings. The van der Waals surface area contributed by atoms with Crippen LogP contribution in [0.25, 0.3) is 0 Å². The second-order valence-electron chi connectivity index (χ2n) is 6.53. The number of rotatable bonds is 2. The van der Waals surface area contributed by atoms with Gasteiger partial charge in [0.15, 0.2) is 5.17 Å². The second-order valence-corrected chi connectivity index (χ2v) is 7.53. The van der Waals surface area contributed by atoms with Crippen molar-refractivity contribution in [2.75, 3.05) is 12.4 Å². The lowest BCUT2D eigenvalue weighted by atomic mass is 9.77. The Morgan fingerprint density at radius 3 is 2.73 bits per heavy atom. The molecule has 1 saturated heterocycles. The molecule has 0 spiro atoms. The van der Waals surface area contributed by atoms with E-state index in [1.807, 2.05) is 31.2 Å². The Morgan fingerprint density at radius 2 is 1.96 bits per heavy atom. The lowest BCUT2D eigenvalue weighted by Crippen LogP contribution is -2.45. The maximum Gasteiger partial charge on any atom is 0.257 e. The summed E-state index contributed by atoms with van der Waals surface area (Å²) in [5.74, 6) is 0.272. The fourth-order valence-electron chi connectivity index (χ4n) is 3.69. The average molecular weight is 370 g/mol. The van der Waals surface area contributed by atoms with E-state index in [9.17, 15) is 9.18 Å². The van der Waals surface area contributed by atoms with Gasteiger partial charge in [0.1, 0.15) is 11.4 Å². The summed E-state index contributed by atoms with van der Waals surface area (Å²) >= 11 is 1.48. The highest BCUT2D eigenvalue weighted by Gasteiger charge is 2.54. The summed E-state index contributed by atoms with van der Waals surface area (Å²) in [6.45, 7) is 2.45. The van der Waals surface area contributed by atoms with Crippen molar-refractivity contribution in [2.45, 2.75) is 18.6 Å². The van der Waals surface area contributed by atoms with Crippen LogP contribution in [0.15, 0.2) is 59.6 Å². The van der Waals surface area contributed by atoms with Crippen molar-refractivity contribution in [1.29, 1.82) is 0 Å². The third kappa shape index (κ3) is 2.83. The molecule has 6 heteroatoms. The summed E-state index contributed by atoms with van der Waals surface area (Å²) in [4.78, 5) is 17.3. The van der Waals surface area contributed by atoms with Gasteiger partial charge in [-0.15, -0.1) is 0 Å². The fourth-order valence-corrected chi connectivity index (χ4v) is 4.78. The molecule has 1 N–H and O–H groups in total. The van der Waals surface area contributed by atoms with Crippen LogP contribution in [0.5, 0.6) is 0 Å². The Labute approximate surface area is 155 Å². The SMILES string of the molecule is C[C@@H]1OCC2CSC(NC(=O)c3ccccc3)=NC21c1ccccc1F. The van der Waals surface area contributed by atoms with E-state index in [1.165, 1.54) is 17.8 Å². The number of ether oxygens (including phenoxy) is 1. The van der Waals surface area contributed by atoms with E-state index in [2.05, 4.69) is 5.32 Å². The minimum absolute atomic E-state index is 0.0665. The lowest BCUT2D eigenvalue weighted by Gasteiger charge is -2.37. The summed E-state index contributed by atoms with van der Waals surface area (Å²) in [6.07, 6.45) is -0.270. The number of thioether (sulfide) groups is 1. The third-order valence-electron chi connectivity index (χ3n) is 5.06. The molecule has 0 radical (unpaired) electrons.